The number of anilines is 1. The Kier molecular flexibility index (Phi) is 6.68. The summed E-state index contributed by atoms with van der Waals surface area (Å²) in [6, 6.07) is 24.6. The zero-order chi connectivity index (χ0) is 21.6. The van der Waals surface area contributed by atoms with E-state index in [1.54, 1.807) is 24.3 Å². The maximum atomic E-state index is 12.7. The van der Waals surface area contributed by atoms with Crippen molar-refractivity contribution in [2.45, 2.75) is 32.6 Å². The Morgan fingerprint density at radius 1 is 0.767 bits per heavy atom. The lowest BCUT2D eigenvalue weighted by molar-refractivity contribution is 0.0955. The Labute approximate surface area is 178 Å². The second kappa shape index (κ2) is 9.40. The van der Waals surface area contributed by atoms with Crippen LogP contribution in [0.4, 0.5) is 5.69 Å². The summed E-state index contributed by atoms with van der Waals surface area (Å²) in [6.07, 6.45) is 0.751. The van der Waals surface area contributed by atoms with Crippen molar-refractivity contribution in [1.29, 1.82) is 0 Å². The fraction of sp³-hybridized carbons (Fsp3) is 0.231. The van der Waals surface area contributed by atoms with Crippen molar-refractivity contribution in [1.82, 2.24) is 5.32 Å². The Morgan fingerprint density at radius 2 is 1.40 bits per heavy atom. The van der Waals surface area contributed by atoms with Crippen LogP contribution in [0.5, 0.6) is 0 Å². The predicted octanol–water partition coefficient (Wildman–Crippen LogP) is 5.21. The molecule has 0 aliphatic carbocycles. The molecule has 0 bridgehead atoms. The van der Waals surface area contributed by atoms with Crippen molar-refractivity contribution < 1.29 is 9.59 Å². The number of hydrogen-bond donors (Lipinski definition) is 2. The third kappa shape index (κ3) is 5.57. The maximum Gasteiger partial charge on any atom is 0.255 e. The summed E-state index contributed by atoms with van der Waals surface area (Å²) in [5.41, 5.74) is 3.86. The van der Waals surface area contributed by atoms with Gasteiger partial charge in [0.25, 0.3) is 11.8 Å². The van der Waals surface area contributed by atoms with E-state index in [2.05, 4.69) is 31.4 Å². The van der Waals surface area contributed by atoms with Crippen molar-refractivity contribution in [3.05, 3.63) is 101 Å². The van der Waals surface area contributed by atoms with Crippen molar-refractivity contribution in [3.63, 3.8) is 0 Å². The average molecular weight is 401 g/mol. The summed E-state index contributed by atoms with van der Waals surface area (Å²) in [5, 5.41) is 5.81. The van der Waals surface area contributed by atoms with Crippen LogP contribution in [-0.2, 0) is 11.8 Å². The van der Waals surface area contributed by atoms with Gasteiger partial charge in [-0.25, -0.2) is 0 Å². The molecule has 154 valence electrons. The highest BCUT2D eigenvalue weighted by molar-refractivity contribution is 6.09. The topological polar surface area (TPSA) is 58.2 Å². The van der Waals surface area contributed by atoms with Crippen LogP contribution < -0.4 is 10.6 Å². The molecule has 0 saturated carbocycles. The van der Waals surface area contributed by atoms with Crippen molar-refractivity contribution in [3.8, 4) is 0 Å². The quantitative estimate of drug-likeness (QED) is 0.597. The molecular formula is C26H28N2O2. The molecule has 2 N–H and O–H groups in total. The molecule has 0 unspecified atom stereocenters. The fourth-order valence-electron chi connectivity index (χ4n) is 3.17. The fourth-order valence-corrected chi connectivity index (χ4v) is 3.17. The minimum Gasteiger partial charge on any atom is -0.352 e. The van der Waals surface area contributed by atoms with E-state index in [1.807, 2.05) is 54.6 Å². The predicted molar refractivity (Wildman–Crippen MR) is 122 cm³/mol. The van der Waals surface area contributed by atoms with Crippen LogP contribution in [-0.4, -0.2) is 18.4 Å². The number of nitrogens with one attached hydrogen (secondary N) is 2. The SMILES string of the molecule is CC(C)(C)c1ccc(C(=O)Nc2ccccc2C(=O)NCCc2ccccc2)cc1. The summed E-state index contributed by atoms with van der Waals surface area (Å²) in [7, 11) is 0. The Morgan fingerprint density at radius 3 is 2.07 bits per heavy atom. The lowest BCUT2D eigenvalue weighted by atomic mass is 9.86. The second-order valence-corrected chi connectivity index (χ2v) is 8.32. The van der Waals surface area contributed by atoms with Gasteiger partial charge in [-0.05, 0) is 47.2 Å². The monoisotopic (exact) mass is 400 g/mol. The molecule has 0 atom stereocenters. The van der Waals surface area contributed by atoms with Gasteiger partial charge < -0.3 is 10.6 Å². The summed E-state index contributed by atoms with van der Waals surface area (Å²) < 4.78 is 0. The van der Waals surface area contributed by atoms with Gasteiger partial charge in [0.05, 0.1) is 11.3 Å². The third-order valence-corrected chi connectivity index (χ3v) is 4.98. The lowest BCUT2D eigenvalue weighted by Gasteiger charge is -2.19. The number of rotatable bonds is 6. The van der Waals surface area contributed by atoms with Crippen LogP contribution in [0.1, 0.15) is 52.6 Å². The first-order valence-electron chi connectivity index (χ1n) is 10.2. The van der Waals surface area contributed by atoms with E-state index in [4.69, 9.17) is 0 Å². The van der Waals surface area contributed by atoms with Crippen LogP contribution in [0.3, 0.4) is 0 Å². The molecule has 0 spiro atoms. The van der Waals surface area contributed by atoms with Crippen LogP contribution in [0.15, 0.2) is 78.9 Å². The van der Waals surface area contributed by atoms with E-state index in [9.17, 15) is 9.59 Å². The van der Waals surface area contributed by atoms with Crippen LogP contribution in [0.25, 0.3) is 0 Å². The molecule has 30 heavy (non-hydrogen) atoms. The maximum absolute atomic E-state index is 12.7. The van der Waals surface area contributed by atoms with E-state index in [1.165, 1.54) is 0 Å². The van der Waals surface area contributed by atoms with Crippen LogP contribution in [0, 0.1) is 0 Å². The van der Waals surface area contributed by atoms with Gasteiger partial charge in [0.1, 0.15) is 0 Å². The summed E-state index contributed by atoms with van der Waals surface area (Å²) in [4.78, 5) is 25.4. The highest BCUT2D eigenvalue weighted by atomic mass is 16.2. The van der Waals surface area contributed by atoms with Gasteiger partial charge in [-0.2, -0.15) is 0 Å². The molecule has 3 rings (SSSR count). The van der Waals surface area contributed by atoms with E-state index in [-0.39, 0.29) is 17.2 Å². The van der Waals surface area contributed by atoms with Crippen molar-refractivity contribution >= 4 is 17.5 Å². The van der Waals surface area contributed by atoms with Gasteiger partial charge in [0, 0.05) is 12.1 Å². The summed E-state index contributed by atoms with van der Waals surface area (Å²) >= 11 is 0. The van der Waals surface area contributed by atoms with E-state index in [0.717, 1.165) is 17.5 Å². The molecule has 0 fully saturated rings. The Balaban J connectivity index is 1.65. The Hall–Kier alpha value is -3.40. The smallest absolute Gasteiger partial charge is 0.255 e. The standard InChI is InChI=1S/C26H28N2O2/c1-26(2,3)21-15-13-20(14-16-21)24(29)28-23-12-8-7-11-22(23)25(30)27-18-17-19-9-5-4-6-10-19/h4-16H,17-18H2,1-3H3,(H,27,30)(H,28,29). The number of hydrogen-bond acceptors (Lipinski definition) is 2. The molecule has 4 nitrogen and oxygen atoms in total. The lowest BCUT2D eigenvalue weighted by Crippen LogP contribution is -2.27. The number of amides is 2. The van der Waals surface area contributed by atoms with E-state index < -0.39 is 0 Å². The van der Waals surface area contributed by atoms with Crippen molar-refractivity contribution in [2.24, 2.45) is 0 Å². The van der Waals surface area contributed by atoms with Crippen molar-refractivity contribution in [2.75, 3.05) is 11.9 Å². The van der Waals surface area contributed by atoms with Gasteiger partial charge in [-0.15, -0.1) is 0 Å². The molecule has 0 radical (unpaired) electrons. The molecule has 4 heteroatoms. The highest BCUT2D eigenvalue weighted by Crippen LogP contribution is 2.23. The average Bonchev–Trinajstić information content (AvgIpc) is 2.74. The van der Waals surface area contributed by atoms with Gasteiger partial charge in [0.15, 0.2) is 0 Å². The van der Waals surface area contributed by atoms with E-state index >= 15 is 0 Å². The molecular weight excluding hydrogens is 372 g/mol. The first-order chi connectivity index (χ1) is 14.3. The summed E-state index contributed by atoms with van der Waals surface area (Å²) in [6.45, 7) is 6.93. The van der Waals surface area contributed by atoms with Gasteiger partial charge >= 0.3 is 0 Å². The zero-order valence-corrected chi connectivity index (χ0v) is 17.7. The first kappa shape index (κ1) is 21.3. The highest BCUT2D eigenvalue weighted by Gasteiger charge is 2.16. The molecule has 0 aromatic heterocycles. The molecule has 3 aromatic carbocycles. The molecule has 0 aliphatic rings. The number of para-hydroxylation sites is 1. The molecule has 2 amide bonds. The number of carbonyl (C=O) groups excluding carboxylic acids is 2. The van der Waals surface area contributed by atoms with Gasteiger partial charge in [0.2, 0.25) is 0 Å². The minimum atomic E-state index is -0.236. The zero-order valence-electron chi connectivity index (χ0n) is 17.7. The molecule has 0 saturated heterocycles. The number of benzene rings is 3. The summed E-state index contributed by atoms with van der Waals surface area (Å²) in [5.74, 6) is -0.440. The molecule has 0 heterocycles. The Bertz CT molecular complexity index is 1000. The largest absolute Gasteiger partial charge is 0.352 e. The normalized spacial score (nSPS) is 11.0. The van der Waals surface area contributed by atoms with Gasteiger partial charge in [-0.3, -0.25) is 9.59 Å². The first-order valence-corrected chi connectivity index (χ1v) is 10.2. The van der Waals surface area contributed by atoms with Gasteiger partial charge in [-0.1, -0.05) is 75.4 Å². The number of carbonyl (C=O) groups is 2. The van der Waals surface area contributed by atoms with Crippen LogP contribution >= 0.6 is 0 Å². The van der Waals surface area contributed by atoms with Crippen LogP contribution in [0.2, 0.25) is 0 Å². The molecule has 0 aliphatic heterocycles. The third-order valence-electron chi connectivity index (χ3n) is 4.98. The minimum absolute atomic E-state index is 0.0272. The second-order valence-electron chi connectivity index (χ2n) is 8.32. The van der Waals surface area contributed by atoms with E-state index in [0.29, 0.717) is 23.4 Å². The molecule has 3 aromatic rings.